The standard InChI is InChI=1S/C17H22N4O2S/c1-19-24(22,23)16-4-2-13(3-5-16)14-7-10-21(11-8-14)17-12-15(18)6-9-20-17/h2-6,9,12,14,19H,7-8,10-11H2,1H3,(H2,18,20). The highest BCUT2D eigenvalue weighted by Crippen LogP contribution is 2.30. The van der Waals surface area contributed by atoms with Crippen molar-refractivity contribution in [3.8, 4) is 0 Å². The first kappa shape index (κ1) is 16.7. The second-order valence-electron chi connectivity index (χ2n) is 5.99. The van der Waals surface area contributed by atoms with Gasteiger partial charge in [-0.05, 0) is 49.6 Å². The molecule has 0 bridgehead atoms. The van der Waals surface area contributed by atoms with Gasteiger partial charge in [-0.15, -0.1) is 0 Å². The van der Waals surface area contributed by atoms with Gasteiger partial charge in [0.15, 0.2) is 0 Å². The number of nitrogen functional groups attached to an aromatic ring is 1. The molecule has 3 rings (SSSR count). The van der Waals surface area contributed by atoms with E-state index in [0.717, 1.165) is 37.4 Å². The molecule has 1 fully saturated rings. The number of nitrogens with two attached hydrogens (primary N) is 1. The average molecular weight is 346 g/mol. The summed E-state index contributed by atoms with van der Waals surface area (Å²) in [5.74, 6) is 1.36. The Morgan fingerprint density at radius 3 is 2.42 bits per heavy atom. The van der Waals surface area contributed by atoms with Crippen LogP contribution in [0, 0.1) is 0 Å². The van der Waals surface area contributed by atoms with Crippen LogP contribution in [0.4, 0.5) is 11.5 Å². The minimum Gasteiger partial charge on any atom is -0.399 e. The first-order valence-corrected chi connectivity index (χ1v) is 9.48. The normalized spacial score (nSPS) is 16.3. The third-order valence-corrected chi connectivity index (χ3v) is 5.95. The quantitative estimate of drug-likeness (QED) is 0.883. The first-order chi connectivity index (χ1) is 11.5. The van der Waals surface area contributed by atoms with Crippen LogP contribution in [0.5, 0.6) is 0 Å². The van der Waals surface area contributed by atoms with Gasteiger partial charge in [0.25, 0.3) is 0 Å². The van der Waals surface area contributed by atoms with Gasteiger partial charge >= 0.3 is 0 Å². The Labute approximate surface area is 142 Å². The highest BCUT2D eigenvalue weighted by molar-refractivity contribution is 7.89. The Morgan fingerprint density at radius 2 is 1.83 bits per heavy atom. The van der Waals surface area contributed by atoms with Crippen molar-refractivity contribution in [2.24, 2.45) is 0 Å². The van der Waals surface area contributed by atoms with Gasteiger partial charge in [-0.1, -0.05) is 12.1 Å². The number of nitrogens with one attached hydrogen (secondary N) is 1. The Balaban J connectivity index is 1.66. The zero-order chi connectivity index (χ0) is 17.2. The Kier molecular flexibility index (Phi) is 4.73. The minimum absolute atomic E-state index is 0.301. The fourth-order valence-electron chi connectivity index (χ4n) is 3.09. The predicted octanol–water partition coefficient (Wildman–Crippen LogP) is 1.96. The van der Waals surface area contributed by atoms with E-state index in [0.29, 0.717) is 10.8 Å². The topological polar surface area (TPSA) is 88.3 Å². The lowest BCUT2D eigenvalue weighted by molar-refractivity contribution is 0.502. The van der Waals surface area contributed by atoms with Crippen LogP contribution in [0.15, 0.2) is 47.5 Å². The Morgan fingerprint density at radius 1 is 1.17 bits per heavy atom. The summed E-state index contributed by atoms with van der Waals surface area (Å²) in [7, 11) is -1.95. The van der Waals surface area contributed by atoms with E-state index in [1.165, 1.54) is 12.6 Å². The SMILES string of the molecule is CNS(=O)(=O)c1ccc(C2CCN(c3cc(N)ccn3)CC2)cc1. The van der Waals surface area contributed by atoms with Crippen molar-refractivity contribution in [1.82, 2.24) is 9.71 Å². The van der Waals surface area contributed by atoms with Crippen LogP contribution in [0.25, 0.3) is 0 Å². The number of hydrogen-bond donors (Lipinski definition) is 2. The van der Waals surface area contributed by atoms with E-state index in [4.69, 9.17) is 5.73 Å². The minimum atomic E-state index is -3.37. The van der Waals surface area contributed by atoms with Crippen molar-refractivity contribution >= 4 is 21.5 Å². The van der Waals surface area contributed by atoms with Gasteiger partial charge in [-0.25, -0.2) is 18.1 Å². The molecule has 1 aliphatic heterocycles. The summed E-state index contributed by atoms with van der Waals surface area (Å²) >= 11 is 0. The number of rotatable bonds is 4. The molecule has 1 saturated heterocycles. The van der Waals surface area contributed by atoms with Crippen molar-refractivity contribution in [3.63, 3.8) is 0 Å². The lowest BCUT2D eigenvalue weighted by Gasteiger charge is -2.33. The van der Waals surface area contributed by atoms with E-state index in [1.807, 2.05) is 18.2 Å². The molecule has 0 atom stereocenters. The van der Waals surface area contributed by atoms with Gasteiger partial charge < -0.3 is 10.6 Å². The summed E-state index contributed by atoms with van der Waals surface area (Å²) in [6.07, 6.45) is 3.75. The molecule has 0 saturated carbocycles. The third kappa shape index (κ3) is 3.52. The molecule has 0 spiro atoms. The largest absolute Gasteiger partial charge is 0.399 e. The van der Waals surface area contributed by atoms with Gasteiger partial charge in [0.2, 0.25) is 10.0 Å². The number of piperidine rings is 1. The number of pyridine rings is 1. The maximum Gasteiger partial charge on any atom is 0.240 e. The predicted molar refractivity (Wildman–Crippen MR) is 95.5 cm³/mol. The van der Waals surface area contributed by atoms with Crippen molar-refractivity contribution in [2.45, 2.75) is 23.7 Å². The van der Waals surface area contributed by atoms with E-state index in [1.54, 1.807) is 24.4 Å². The zero-order valence-corrected chi connectivity index (χ0v) is 14.5. The van der Waals surface area contributed by atoms with E-state index < -0.39 is 10.0 Å². The number of sulfonamides is 1. The van der Waals surface area contributed by atoms with Gasteiger partial charge in [-0.2, -0.15) is 0 Å². The average Bonchev–Trinajstić information content (AvgIpc) is 2.62. The summed E-state index contributed by atoms with van der Waals surface area (Å²) in [4.78, 5) is 6.93. The Bertz CT molecular complexity index is 798. The summed E-state index contributed by atoms with van der Waals surface area (Å²) in [5.41, 5.74) is 7.73. The number of benzene rings is 1. The number of nitrogens with zero attached hydrogens (tertiary/aromatic N) is 2. The number of aromatic nitrogens is 1. The van der Waals surface area contributed by atoms with Gasteiger partial charge in [0, 0.05) is 31.0 Å². The van der Waals surface area contributed by atoms with Crippen molar-refractivity contribution in [1.29, 1.82) is 0 Å². The first-order valence-electron chi connectivity index (χ1n) is 7.99. The molecule has 1 aromatic heterocycles. The zero-order valence-electron chi connectivity index (χ0n) is 13.6. The second kappa shape index (κ2) is 6.78. The van der Waals surface area contributed by atoms with Crippen LogP contribution in [0.3, 0.4) is 0 Å². The molecule has 0 radical (unpaired) electrons. The van der Waals surface area contributed by atoms with Crippen LogP contribution in [0.1, 0.15) is 24.3 Å². The van der Waals surface area contributed by atoms with Crippen LogP contribution in [-0.4, -0.2) is 33.5 Å². The lowest BCUT2D eigenvalue weighted by atomic mass is 9.89. The molecule has 24 heavy (non-hydrogen) atoms. The third-order valence-electron chi connectivity index (χ3n) is 4.52. The van der Waals surface area contributed by atoms with Crippen LogP contribution >= 0.6 is 0 Å². The lowest BCUT2D eigenvalue weighted by Crippen LogP contribution is -2.33. The Hall–Kier alpha value is -2.12. The number of anilines is 2. The second-order valence-corrected chi connectivity index (χ2v) is 7.87. The fourth-order valence-corrected chi connectivity index (χ4v) is 3.82. The summed E-state index contributed by atoms with van der Waals surface area (Å²) in [6.45, 7) is 1.83. The van der Waals surface area contributed by atoms with E-state index in [9.17, 15) is 8.42 Å². The molecule has 3 N–H and O–H groups in total. The fraction of sp³-hybridized carbons (Fsp3) is 0.353. The summed E-state index contributed by atoms with van der Waals surface area (Å²) in [6, 6.07) is 10.9. The van der Waals surface area contributed by atoms with Crippen molar-refractivity contribution in [3.05, 3.63) is 48.2 Å². The molecule has 0 aliphatic carbocycles. The molecule has 0 amide bonds. The highest BCUT2D eigenvalue weighted by Gasteiger charge is 2.22. The van der Waals surface area contributed by atoms with Crippen molar-refractivity contribution < 1.29 is 8.42 Å². The molecule has 1 aromatic carbocycles. The van der Waals surface area contributed by atoms with E-state index in [2.05, 4.69) is 14.6 Å². The molecule has 128 valence electrons. The van der Waals surface area contributed by atoms with Crippen LogP contribution in [0.2, 0.25) is 0 Å². The van der Waals surface area contributed by atoms with Crippen molar-refractivity contribution in [2.75, 3.05) is 30.8 Å². The van der Waals surface area contributed by atoms with E-state index in [-0.39, 0.29) is 0 Å². The maximum absolute atomic E-state index is 11.8. The highest BCUT2D eigenvalue weighted by atomic mass is 32.2. The maximum atomic E-state index is 11.8. The molecule has 0 unspecified atom stereocenters. The van der Waals surface area contributed by atoms with Crippen LogP contribution < -0.4 is 15.4 Å². The van der Waals surface area contributed by atoms with Gasteiger partial charge in [0.05, 0.1) is 4.90 Å². The molecule has 1 aliphatic rings. The summed E-state index contributed by atoms with van der Waals surface area (Å²) in [5, 5.41) is 0. The van der Waals surface area contributed by atoms with Gasteiger partial charge in [0.1, 0.15) is 5.82 Å². The smallest absolute Gasteiger partial charge is 0.240 e. The monoisotopic (exact) mass is 346 g/mol. The van der Waals surface area contributed by atoms with Gasteiger partial charge in [-0.3, -0.25) is 0 Å². The molecule has 7 heteroatoms. The molecule has 6 nitrogen and oxygen atoms in total. The summed E-state index contributed by atoms with van der Waals surface area (Å²) < 4.78 is 25.9. The number of hydrogen-bond acceptors (Lipinski definition) is 5. The van der Waals surface area contributed by atoms with Crippen LogP contribution in [-0.2, 0) is 10.0 Å². The molecule has 2 heterocycles. The molecule has 2 aromatic rings. The molecular formula is C17H22N4O2S. The van der Waals surface area contributed by atoms with E-state index >= 15 is 0 Å². The molecular weight excluding hydrogens is 324 g/mol.